The molecule has 1 N–H and O–H groups in total. The summed E-state index contributed by atoms with van der Waals surface area (Å²) in [6.45, 7) is -0.174. The maximum Gasteiger partial charge on any atom is 0.325 e. The van der Waals surface area contributed by atoms with Crippen molar-refractivity contribution in [1.82, 2.24) is 10.3 Å². The van der Waals surface area contributed by atoms with E-state index in [1.807, 2.05) is 30.3 Å². The summed E-state index contributed by atoms with van der Waals surface area (Å²) in [7, 11) is 0. The van der Waals surface area contributed by atoms with Crippen LogP contribution in [0.4, 0.5) is 0 Å². The molecule has 1 aromatic heterocycles. The second kappa shape index (κ2) is 9.53. The number of para-hydroxylation sites is 1. The van der Waals surface area contributed by atoms with Gasteiger partial charge in [-0.15, -0.1) is 0 Å². The van der Waals surface area contributed by atoms with E-state index in [1.165, 1.54) is 6.20 Å². The largest absolute Gasteiger partial charge is 0.459 e. The number of esters is 1. The second-order valence-electron chi connectivity index (χ2n) is 5.77. The molecule has 28 heavy (non-hydrogen) atoms. The molecular weight excluding hydrogens is 380 g/mol. The lowest BCUT2D eigenvalue weighted by Crippen LogP contribution is -2.30. The molecule has 0 fully saturated rings. The van der Waals surface area contributed by atoms with Gasteiger partial charge in [0.15, 0.2) is 0 Å². The molecule has 0 spiro atoms. The van der Waals surface area contributed by atoms with E-state index >= 15 is 0 Å². The summed E-state index contributed by atoms with van der Waals surface area (Å²) >= 11 is 5.69. The maximum atomic E-state index is 12.1. The Bertz CT molecular complexity index is 929. The lowest BCUT2D eigenvalue weighted by Gasteiger charge is -2.08. The van der Waals surface area contributed by atoms with E-state index in [1.54, 1.807) is 36.4 Å². The molecule has 142 valence electrons. The number of nitrogens with one attached hydrogen (secondary N) is 1. The van der Waals surface area contributed by atoms with Gasteiger partial charge < -0.3 is 14.8 Å². The van der Waals surface area contributed by atoms with Crippen molar-refractivity contribution in [2.24, 2.45) is 0 Å². The fourth-order valence-corrected chi connectivity index (χ4v) is 2.37. The Morgan fingerprint density at radius 1 is 0.929 bits per heavy atom. The van der Waals surface area contributed by atoms with Gasteiger partial charge in [0.05, 0.1) is 0 Å². The summed E-state index contributed by atoms with van der Waals surface area (Å²) < 4.78 is 10.8. The van der Waals surface area contributed by atoms with Gasteiger partial charge in [0.2, 0.25) is 0 Å². The molecule has 0 bridgehead atoms. The third-order valence-electron chi connectivity index (χ3n) is 3.68. The molecule has 0 aliphatic rings. The highest BCUT2D eigenvalue weighted by Crippen LogP contribution is 2.21. The minimum absolute atomic E-state index is 0.0599. The predicted octanol–water partition coefficient (Wildman–Crippen LogP) is 4.00. The predicted molar refractivity (Wildman–Crippen MR) is 104 cm³/mol. The fourth-order valence-electron chi connectivity index (χ4n) is 2.26. The van der Waals surface area contributed by atoms with E-state index in [0.29, 0.717) is 27.8 Å². The van der Waals surface area contributed by atoms with Crippen LogP contribution in [0.15, 0.2) is 72.9 Å². The van der Waals surface area contributed by atoms with Crippen molar-refractivity contribution >= 4 is 23.5 Å². The number of aromatic nitrogens is 1. The van der Waals surface area contributed by atoms with Crippen LogP contribution >= 0.6 is 11.6 Å². The van der Waals surface area contributed by atoms with Crippen LogP contribution in [0.25, 0.3) is 0 Å². The molecule has 0 unspecified atom stereocenters. The number of carbonyl (C=O) groups is 2. The number of amides is 1. The molecule has 0 aliphatic heterocycles. The topological polar surface area (TPSA) is 77.5 Å². The zero-order chi connectivity index (χ0) is 19.8. The molecule has 3 rings (SSSR count). The average molecular weight is 397 g/mol. The van der Waals surface area contributed by atoms with Crippen molar-refractivity contribution in [3.05, 3.63) is 89.2 Å². The van der Waals surface area contributed by atoms with Crippen molar-refractivity contribution in [3.63, 3.8) is 0 Å². The molecule has 1 heterocycles. The number of ether oxygens (including phenoxy) is 2. The maximum absolute atomic E-state index is 12.1. The molecule has 0 radical (unpaired) electrons. The van der Waals surface area contributed by atoms with Crippen LogP contribution < -0.4 is 10.1 Å². The van der Waals surface area contributed by atoms with E-state index in [9.17, 15) is 9.59 Å². The van der Waals surface area contributed by atoms with Gasteiger partial charge in [-0.3, -0.25) is 9.59 Å². The van der Waals surface area contributed by atoms with Crippen molar-refractivity contribution in [1.29, 1.82) is 0 Å². The quantitative estimate of drug-likeness (QED) is 0.482. The van der Waals surface area contributed by atoms with Crippen LogP contribution in [0.1, 0.15) is 15.9 Å². The first-order chi connectivity index (χ1) is 13.6. The Morgan fingerprint density at radius 2 is 1.64 bits per heavy atom. The Kier molecular flexibility index (Phi) is 6.59. The van der Waals surface area contributed by atoms with Gasteiger partial charge in [-0.05, 0) is 42.5 Å². The van der Waals surface area contributed by atoms with E-state index < -0.39 is 5.97 Å². The number of hydrogen-bond acceptors (Lipinski definition) is 5. The number of halogens is 1. The molecule has 7 heteroatoms. The molecule has 0 atom stereocenters. The summed E-state index contributed by atoms with van der Waals surface area (Å²) in [5.74, 6) is 0.390. The smallest absolute Gasteiger partial charge is 0.325 e. The zero-order valence-corrected chi connectivity index (χ0v) is 15.6. The van der Waals surface area contributed by atoms with Crippen LogP contribution in [-0.2, 0) is 16.1 Å². The highest BCUT2D eigenvalue weighted by Gasteiger charge is 2.10. The van der Waals surface area contributed by atoms with Crippen molar-refractivity contribution in [2.45, 2.75) is 6.61 Å². The number of rotatable bonds is 7. The monoisotopic (exact) mass is 396 g/mol. The molecule has 0 aliphatic carbocycles. The zero-order valence-electron chi connectivity index (χ0n) is 14.8. The Labute approximate surface area is 167 Å². The van der Waals surface area contributed by atoms with E-state index in [2.05, 4.69) is 10.3 Å². The normalized spacial score (nSPS) is 10.2. The first kappa shape index (κ1) is 19.4. The number of carbonyl (C=O) groups excluding carboxylic acids is 2. The van der Waals surface area contributed by atoms with Crippen LogP contribution in [0, 0.1) is 0 Å². The second-order valence-corrected chi connectivity index (χ2v) is 6.16. The molecule has 0 saturated carbocycles. The summed E-state index contributed by atoms with van der Waals surface area (Å²) in [6, 6.07) is 19.3. The van der Waals surface area contributed by atoms with E-state index in [4.69, 9.17) is 21.1 Å². The number of nitrogens with zero attached hydrogens (tertiary/aromatic N) is 1. The highest BCUT2D eigenvalue weighted by molar-refractivity contribution is 6.29. The molecule has 0 saturated heterocycles. The van der Waals surface area contributed by atoms with Gasteiger partial charge >= 0.3 is 5.97 Å². The first-order valence-corrected chi connectivity index (χ1v) is 8.85. The summed E-state index contributed by atoms with van der Waals surface area (Å²) in [4.78, 5) is 27.8. The minimum Gasteiger partial charge on any atom is -0.459 e. The molecule has 2 aromatic carbocycles. The van der Waals surface area contributed by atoms with Gasteiger partial charge in [-0.2, -0.15) is 0 Å². The lowest BCUT2D eigenvalue weighted by atomic mass is 10.2. The lowest BCUT2D eigenvalue weighted by molar-refractivity contribution is -0.143. The third-order valence-corrected chi connectivity index (χ3v) is 3.90. The summed E-state index contributed by atoms with van der Waals surface area (Å²) in [5, 5.41) is 2.89. The average Bonchev–Trinajstić information content (AvgIpc) is 2.73. The first-order valence-electron chi connectivity index (χ1n) is 8.47. The molecule has 6 nitrogen and oxygen atoms in total. The van der Waals surface area contributed by atoms with Gasteiger partial charge in [-0.25, -0.2) is 4.98 Å². The van der Waals surface area contributed by atoms with Crippen LogP contribution in [0.3, 0.4) is 0 Å². The van der Waals surface area contributed by atoms with Crippen molar-refractivity contribution < 1.29 is 19.1 Å². The van der Waals surface area contributed by atoms with Gasteiger partial charge in [0.25, 0.3) is 5.91 Å². The standard InChI is InChI=1S/C21H17ClN2O4/c22-19-11-6-15(12-23-19)14-27-20(25)13-24-21(26)16-7-9-18(10-8-16)28-17-4-2-1-3-5-17/h1-12H,13-14H2,(H,24,26). The molecular formula is C21H17ClN2O4. The van der Waals surface area contributed by atoms with Gasteiger partial charge in [-0.1, -0.05) is 35.9 Å². The van der Waals surface area contributed by atoms with Crippen molar-refractivity contribution in [3.8, 4) is 11.5 Å². The SMILES string of the molecule is O=C(CNC(=O)c1ccc(Oc2ccccc2)cc1)OCc1ccc(Cl)nc1. The van der Waals surface area contributed by atoms with Crippen molar-refractivity contribution in [2.75, 3.05) is 6.54 Å². The number of hydrogen-bond donors (Lipinski definition) is 1. The highest BCUT2D eigenvalue weighted by atomic mass is 35.5. The van der Waals surface area contributed by atoms with Crippen LogP contribution in [0.5, 0.6) is 11.5 Å². The summed E-state index contributed by atoms with van der Waals surface area (Å²) in [6.07, 6.45) is 1.52. The van der Waals surface area contributed by atoms with Crippen LogP contribution in [0.2, 0.25) is 5.15 Å². The summed E-state index contributed by atoms with van der Waals surface area (Å²) in [5.41, 5.74) is 1.12. The minimum atomic E-state index is -0.549. The molecule has 1 amide bonds. The molecule has 3 aromatic rings. The van der Waals surface area contributed by atoms with Gasteiger partial charge in [0, 0.05) is 17.3 Å². The number of pyridine rings is 1. The van der Waals surface area contributed by atoms with Gasteiger partial charge in [0.1, 0.15) is 29.8 Å². The Morgan fingerprint density at radius 3 is 2.32 bits per heavy atom. The Hall–Kier alpha value is -3.38. The fraction of sp³-hybridized carbons (Fsp3) is 0.0952. The third kappa shape index (κ3) is 5.82. The Balaban J connectivity index is 1.45. The van der Waals surface area contributed by atoms with E-state index in [0.717, 1.165) is 0 Å². The van der Waals surface area contributed by atoms with E-state index in [-0.39, 0.29) is 19.1 Å². The van der Waals surface area contributed by atoms with Crippen LogP contribution in [-0.4, -0.2) is 23.4 Å². The number of benzene rings is 2.